The van der Waals surface area contributed by atoms with Gasteiger partial charge in [-0.15, -0.1) is 0 Å². The molecule has 0 saturated heterocycles. The molecule has 0 bridgehead atoms. The van der Waals surface area contributed by atoms with Crippen LogP contribution in [0.25, 0.3) is 0 Å². The summed E-state index contributed by atoms with van der Waals surface area (Å²) >= 11 is 0. The standard InChI is InChI=1S/C12H18O3/c1-9-5-4-6-11(10(9)2)15-8-12(3,14)7-13/h4-6,13-14H,7-8H2,1-3H3/t12-/m1/s1. The summed E-state index contributed by atoms with van der Waals surface area (Å²) in [5.41, 5.74) is 1.03. The zero-order valence-electron chi connectivity index (χ0n) is 9.45. The second-order valence-corrected chi connectivity index (χ2v) is 4.14. The molecule has 0 unspecified atom stereocenters. The third kappa shape index (κ3) is 3.22. The van der Waals surface area contributed by atoms with Gasteiger partial charge in [-0.2, -0.15) is 0 Å². The van der Waals surface area contributed by atoms with Gasteiger partial charge in [0.2, 0.25) is 0 Å². The molecule has 0 heterocycles. The zero-order valence-corrected chi connectivity index (χ0v) is 9.45. The smallest absolute Gasteiger partial charge is 0.122 e. The molecular formula is C12H18O3. The molecule has 3 nitrogen and oxygen atoms in total. The van der Waals surface area contributed by atoms with Gasteiger partial charge in [0.15, 0.2) is 0 Å². The van der Waals surface area contributed by atoms with Crippen LogP contribution in [0.2, 0.25) is 0 Å². The third-order valence-electron chi connectivity index (χ3n) is 2.43. The fraction of sp³-hybridized carbons (Fsp3) is 0.500. The first-order valence-corrected chi connectivity index (χ1v) is 4.98. The van der Waals surface area contributed by atoms with Crippen LogP contribution in [0.15, 0.2) is 18.2 Å². The van der Waals surface area contributed by atoms with Crippen LogP contribution in [0.3, 0.4) is 0 Å². The van der Waals surface area contributed by atoms with Crippen LogP contribution >= 0.6 is 0 Å². The van der Waals surface area contributed by atoms with E-state index in [9.17, 15) is 5.11 Å². The van der Waals surface area contributed by atoms with E-state index in [1.165, 1.54) is 6.92 Å². The summed E-state index contributed by atoms with van der Waals surface area (Å²) in [5.74, 6) is 0.753. The van der Waals surface area contributed by atoms with Crippen molar-refractivity contribution in [3.05, 3.63) is 29.3 Å². The third-order valence-corrected chi connectivity index (χ3v) is 2.43. The van der Waals surface area contributed by atoms with E-state index in [1.54, 1.807) is 0 Å². The van der Waals surface area contributed by atoms with Gasteiger partial charge >= 0.3 is 0 Å². The quantitative estimate of drug-likeness (QED) is 0.790. The van der Waals surface area contributed by atoms with Crippen LogP contribution < -0.4 is 4.74 Å². The largest absolute Gasteiger partial charge is 0.490 e. The number of benzene rings is 1. The summed E-state index contributed by atoms with van der Waals surface area (Å²) in [4.78, 5) is 0. The van der Waals surface area contributed by atoms with Crippen molar-refractivity contribution >= 4 is 0 Å². The van der Waals surface area contributed by atoms with Gasteiger partial charge in [-0.25, -0.2) is 0 Å². The number of aryl methyl sites for hydroxylation is 1. The number of rotatable bonds is 4. The molecule has 0 fully saturated rings. The minimum atomic E-state index is -1.18. The molecule has 0 aliphatic rings. The molecule has 15 heavy (non-hydrogen) atoms. The Kier molecular flexibility index (Phi) is 3.72. The van der Waals surface area contributed by atoms with Crippen molar-refractivity contribution in [2.24, 2.45) is 0 Å². The van der Waals surface area contributed by atoms with Crippen LogP contribution in [0.1, 0.15) is 18.1 Å². The molecule has 2 N–H and O–H groups in total. The SMILES string of the molecule is Cc1cccc(OC[C@](C)(O)CO)c1C. The summed E-state index contributed by atoms with van der Waals surface area (Å²) in [6.45, 7) is 5.30. The Hall–Kier alpha value is -1.06. The van der Waals surface area contributed by atoms with E-state index < -0.39 is 5.60 Å². The van der Waals surface area contributed by atoms with Crippen molar-refractivity contribution in [2.75, 3.05) is 13.2 Å². The van der Waals surface area contributed by atoms with E-state index in [2.05, 4.69) is 0 Å². The lowest BCUT2D eigenvalue weighted by molar-refractivity contribution is -0.0326. The van der Waals surface area contributed by atoms with Crippen molar-refractivity contribution < 1.29 is 14.9 Å². The maximum absolute atomic E-state index is 9.57. The molecule has 1 atom stereocenters. The highest BCUT2D eigenvalue weighted by Crippen LogP contribution is 2.21. The van der Waals surface area contributed by atoms with Gasteiger partial charge < -0.3 is 14.9 Å². The Balaban J connectivity index is 2.70. The van der Waals surface area contributed by atoms with E-state index >= 15 is 0 Å². The Morgan fingerprint density at radius 3 is 2.60 bits per heavy atom. The van der Waals surface area contributed by atoms with E-state index in [-0.39, 0.29) is 13.2 Å². The second-order valence-electron chi connectivity index (χ2n) is 4.14. The highest BCUT2D eigenvalue weighted by molar-refractivity contribution is 5.38. The second kappa shape index (κ2) is 4.64. The van der Waals surface area contributed by atoms with Crippen LogP contribution in [0.4, 0.5) is 0 Å². The fourth-order valence-electron chi connectivity index (χ4n) is 1.16. The number of aliphatic hydroxyl groups excluding tert-OH is 1. The molecule has 0 saturated carbocycles. The molecule has 84 valence electrons. The molecule has 1 rings (SSSR count). The molecular weight excluding hydrogens is 192 g/mol. The predicted octanol–water partition coefficient (Wildman–Crippen LogP) is 1.43. The normalized spacial score (nSPS) is 14.7. The first kappa shape index (κ1) is 12.0. The Morgan fingerprint density at radius 1 is 1.33 bits per heavy atom. The maximum Gasteiger partial charge on any atom is 0.122 e. The van der Waals surface area contributed by atoms with E-state index in [4.69, 9.17) is 9.84 Å². The maximum atomic E-state index is 9.57. The number of aliphatic hydroxyl groups is 2. The number of hydrogen-bond acceptors (Lipinski definition) is 3. The summed E-state index contributed by atoms with van der Waals surface area (Å²) in [6, 6.07) is 5.77. The van der Waals surface area contributed by atoms with E-state index in [0.717, 1.165) is 16.9 Å². The highest BCUT2D eigenvalue weighted by atomic mass is 16.5. The van der Waals surface area contributed by atoms with Gasteiger partial charge in [-0.05, 0) is 38.0 Å². The van der Waals surface area contributed by atoms with Crippen LogP contribution in [-0.4, -0.2) is 29.0 Å². The first-order chi connectivity index (χ1) is 6.96. The minimum Gasteiger partial charge on any atom is -0.490 e. The fourth-order valence-corrected chi connectivity index (χ4v) is 1.16. The molecule has 0 aliphatic carbocycles. The van der Waals surface area contributed by atoms with Crippen molar-refractivity contribution in [2.45, 2.75) is 26.4 Å². The van der Waals surface area contributed by atoms with Gasteiger partial charge in [0.25, 0.3) is 0 Å². The average molecular weight is 210 g/mol. The van der Waals surface area contributed by atoms with E-state index in [1.807, 2.05) is 32.0 Å². The molecule has 3 heteroatoms. The lowest BCUT2D eigenvalue weighted by Crippen LogP contribution is -2.36. The molecule has 0 radical (unpaired) electrons. The van der Waals surface area contributed by atoms with Crippen molar-refractivity contribution in [1.82, 2.24) is 0 Å². The molecule has 1 aromatic rings. The van der Waals surface area contributed by atoms with Gasteiger partial charge in [0.05, 0.1) is 6.61 Å². The van der Waals surface area contributed by atoms with Crippen molar-refractivity contribution in [1.29, 1.82) is 0 Å². The lowest BCUT2D eigenvalue weighted by Gasteiger charge is -2.21. The molecule has 0 spiro atoms. The Bertz CT molecular complexity index is 332. The molecule has 0 amide bonds. The van der Waals surface area contributed by atoms with Crippen molar-refractivity contribution in [3.8, 4) is 5.75 Å². The number of hydrogen-bond donors (Lipinski definition) is 2. The number of ether oxygens (including phenoxy) is 1. The van der Waals surface area contributed by atoms with Crippen LogP contribution in [0, 0.1) is 13.8 Å². The van der Waals surface area contributed by atoms with Gasteiger partial charge in [-0.3, -0.25) is 0 Å². The molecule has 0 aromatic heterocycles. The van der Waals surface area contributed by atoms with Crippen LogP contribution in [0.5, 0.6) is 5.75 Å². The van der Waals surface area contributed by atoms with Crippen molar-refractivity contribution in [3.63, 3.8) is 0 Å². The van der Waals surface area contributed by atoms with Gasteiger partial charge in [0.1, 0.15) is 18.0 Å². The average Bonchev–Trinajstić information content (AvgIpc) is 2.20. The van der Waals surface area contributed by atoms with Gasteiger partial charge in [-0.1, -0.05) is 12.1 Å². The summed E-state index contributed by atoms with van der Waals surface area (Å²) < 4.78 is 5.46. The zero-order chi connectivity index (χ0) is 11.5. The van der Waals surface area contributed by atoms with Crippen LogP contribution in [-0.2, 0) is 0 Å². The highest BCUT2D eigenvalue weighted by Gasteiger charge is 2.20. The summed E-state index contributed by atoms with van der Waals surface area (Å²) in [7, 11) is 0. The lowest BCUT2D eigenvalue weighted by atomic mass is 10.1. The topological polar surface area (TPSA) is 49.7 Å². The minimum absolute atomic E-state index is 0.0911. The Morgan fingerprint density at radius 2 is 2.00 bits per heavy atom. The first-order valence-electron chi connectivity index (χ1n) is 4.98. The molecule has 0 aliphatic heterocycles. The monoisotopic (exact) mass is 210 g/mol. The summed E-state index contributed by atoms with van der Waals surface area (Å²) in [6.07, 6.45) is 0. The predicted molar refractivity (Wildman–Crippen MR) is 59.1 cm³/mol. The molecule has 1 aromatic carbocycles. The van der Waals surface area contributed by atoms with Gasteiger partial charge in [0, 0.05) is 0 Å². The Labute approximate surface area is 90.3 Å². The summed E-state index contributed by atoms with van der Waals surface area (Å²) in [5, 5.41) is 18.4. The van der Waals surface area contributed by atoms with E-state index in [0.29, 0.717) is 0 Å².